The first-order valence-electron chi connectivity index (χ1n) is 9.12. The molecule has 0 saturated heterocycles. The zero-order valence-electron chi connectivity index (χ0n) is 16.9. The van der Waals surface area contributed by atoms with Gasteiger partial charge in [-0.1, -0.05) is 42.8 Å². The van der Waals surface area contributed by atoms with Crippen molar-refractivity contribution in [3.8, 4) is 0 Å². The lowest BCUT2D eigenvalue weighted by Crippen LogP contribution is -2.49. The van der Waals surface area contributed by atoms with Gasteiger partial charge in [-0.2, -0.15) is 0 Å². The molecule has 0 bridgehead atoms. The monoisotopic (exact) mass is 419 g/mol. The van der Waals surface area contributed by atoms with E-state index in [0.717, 1.165) is 21.7 Å². The average molecular weight is 420 g/mol. The number of anilines is 1. The molecule has 0 fully saturated rings. The van der Waals surface area contributed by atoms with E-state index >= 15 is 0 Å². The standard InChI is InChI=1S/C20H25N3O5S/c1-5-18(20(24)21-13-16-9-6-14(2)7-10-16)22(29(4,27)28)19-12-17(23(25)26)11-8-15(19)3/h6-12,18H,5,13H2,1-4H3,(H,21,24). The van der Waals surface area contributed by atoms with E-state index in [-0.39, 0.29) is 24.3 Å². The largest absolute Gasteiger partial charge is 0.350 e. The predicted octanol–water partition coefficient (Wildman–Crippen LogP) is 3.07. The summed E-state index contributed by atoms with van der Waals surface area (Å²) in [5, 5.41) is 13.9. The Bertz CT molecular complexity index is 1000. The Kier molecular flexibility index (Phi) is 6.97. The Morgan fingerprint density at radius 3 is 2.31 bits per heavy atom. The molecule has 156 valence electrons. The number of non-ortho nitro benzene ring substituents is 1. The minimum absolute atomic E-state index is 0.124. The highest BCUT2D eigenvalue weighted by atomic mass is 32.2. The fraction of sp³-hybridized carbons (Fsp3) is 0.350. The van der Waals surface area contributed by atoms with Crippen LogP contribution < -0.4 is 9.62 Å². The summed E-state index contributed by atoms with van der Waals surface area (Å²) in [6.45, 7) is 5.55. The molecule has 0 aliphatic rings. The van der Waals surface area contributed by atoms with E-state index in [1.165, 1.54) is 18.2 Å². The van der Waals surface area contributed by atoms with Crippen LogP contribution in [0.25, 0.3) is 0 Å². The van der Waals surface area contributed by atoms with Crippen molar-refractivity contribution in [3.05, 3.63) is 69.3 Å². The van der Waals surface area contributed by atoms with Crippen LogP contribution in [0, 0.1) is 24.0 Å². The minimum Gasteiger partial charge on any atom is -0.350 e. The van der Waals surface area contributed by atoms with Crippen LogP contribution >= 0.6 is 0 Å². The van der Waals surface area contributed by atoms with Crippen molar-refractivity contribution in [2.24, 2.45) is 0 Å². The second-order valence-electron chi connectivity index (χ2n) is 6.91. The van der Waals surface area contributed by atoms with Gasteiger partial charge in [0, 0.05) is 18.7 Å². The number of rotatable bonds is 8. The lowest BCUT2D eigenvalue weighted by atomic mass is 10.1. The van der Waals surface area contributed by atoms with E-state index in [0.29, 0.717) is 5.56 Å². The van der Waals surface area contributed by atoms with Gasteiger partial charge in [0.15, 0.2) is 0 Å². The van der Waals surface area contributed by atoms with E-state index in [9.17, 15) is 23.3 Å². The van der Waals surface area contributed by atoms with Crippen molar-refractivity contribution < 1.29 is 18.1 Å². The van der Waals surface area contributed by atoms with Gasteiger partial charge in [0.1, 0.15) is 6.04 Å². The van der Waals surface area contributed by atoms with Gasteiger partial charge in [-0.3, -0.25) is 19.2 Å². The molecule has 2 rings (SSSR count). The smallest absolute Gasteiger partial charge is 0.271 e. The summed E-state index contributed by atoms with van der Waals surface area (Å²) in [5.41, 5.74) is 2.38. The molecule has 0 aromatic heterocycles. The first kappa shape index (κ1) is 22.4. The lowest BCUT2D eigenvalue weighted by molar-refractivity contribution is -0.384. The van der Waals surface area contributed by atoms with Crippen LogP contribution in [0.4, 0.5) is 11.4 Å². The van der Waals surface area contributed by atoms with Crippen molar-refractivity contribution >= 4 is 27.3 Å². The Hall–Kier alpha value is -2.94. The molecule has 8 nitrogen and oxygen atoms in total. The van der Waals surface area contributed by atoms with Crippen LogP contribution in [0.3, 0.4) is 0 Å². The number of nitrogens with one attached hydrogen (secondary N) is 1. The van der Waals surface area contributed by atoms with Gasteiger partial charge in [0.25, 0.3) is 5.69 Å². The molecule has 0 heterocycles. The third-order valence-electron chi connectivity index (χ3n) is 4.56. The first-order chi connectivity index (χ1) is 13.5. The number of nitro benzene ring substituents is 1. The number of nitrogens with zero attached hydrogens (tertiary/aromatic N) is 2. The minimum atomic E-state index is -3.88. The Morgan fingerprint density at radius 2 is 1.79 bits per heavy atom. The van der Waals surface area contributed by atoms with Gasteiger partial charge >= 0.3 is 0 Å². The van der Waals surface area contributed by atoms with Crippen molar-refractivity contribution in [2.75, 3.05) is 10.6 Å². The van der Waals surface area contributed by atoms with E-state index < -0.39 is 26.9 Å². The van der Waals surface area contributed by atoms with Crippen LogP contribution in [0.1, 0.15) is 30.0 Å². The van der Waals surface area contributed by atoms with Gasteiger partial charge in [-0.05, 0) is 31.4 Å². The maximum atomic E-state index is 12.9. The number of benzene rings is 2. The maximum absolute atomic E-state index is 12.9. The number of nitro groups is 1. The summed E-state index contributed by atoms with van der Waals surface area (Å²) in [6.07, 6.45) is 1.19. The van der Waals surface area contributed by atoms with Crippen molar-refractivity contribution in [2.45, 2.75) is 39.8 Å². The van der Waals surface area contributed by atoms with E-state index in [4.69, 9.17) is 0 Å². The molecule has 0 spiro atoms. The molecule has 9 heteroatoms. The number of hydrogen-bond donors (Lipinski definition) is 1. The van der Waals surface area contributed by atoms with Crippen LogP contribution in [-0.4, -0.2) is 31.5 Å². The molecule has 1 N–H and O–H groups in total. The van der Waals surface area contributed by atoms with Crippen LogP contribution in [-0.2, 0) is 21.4 Å². The molecule has 29 heavy (non-hydrogen) atoms. The molecule has 0 radical (unpaired) electrons. The molecular weight excluding hydrogens is 394 g/mol. The molecule has 0 aliphatic heterocycles. The third kappa shape index (κ3) is 5.54. The number of hydrogen-bond acceptors (Lipinski definition) is 5. The second-order valence-corrected chi connectivity index (χ2v) is 8.77. The van der Waals surface area contributed by atoms with Gasteiger partial charge in [-0.25, -0.2) is 8.42 Å². The Morgan fingerprint density at radius 1 is 1.17 bits per heavy atom. The number of aryl methyl sites for hydroxylation is 2. The molecule has 1 unspecified atom stereocenters. The maximum Gasteiger partial charge on any atom is 0.271 e. The summed E-state index contributed by atoms with van der Waals surface area (Å²) in [4.78, 5) is 23.4. The number of carbonyl (C=O) groups is 1. The summed E-state index contributed by atoms with van der Waals surface area (Å²) in [5.74, 6) is -0.468. The average Bonchev–Trinajstić information content (AvgIpc) is 2.65. The molecule has 1 atom stereocenters. The van der Waals surface area contributed by atoms with Gasteiger partial charge in [-0.15, -0.1) is 0 Å². The number of carbonyl (C=O) groups excluding carboxylic acids is 1. The molecule has 2 aromatic carbocycles. The predicted molar refractivity (Wildman–Crippen MR) is 112 cm³/mol. The van der Waals surface area contributed by atoms with Crippen molar-refractivity contribution in [1.82, 2.24) is 5.32 Å². The third-order valence-corrected chi connectivity index (χ3v) is 5.72. The topological polar surface area (TPSA) is 110 Å². The van der Waals surface area contributed by atoms with Crippen molar-refractivity contribution in [3.63, 3.8) is 0 Å². The molecule has 0 saturated carbocycles. The fourth-order valence-electron chi connectivity index (χ4n) is 3.00. The first-order valence-corrected chi connectivity index (χ1v) is 11.0. The Labute approximate surface area is 170 Å². The van der Waals surface area contributed by atoms with E-state index in [2.05, 4.69) is 5.32 Å². The zero-order chi connectivity index (χ0) is 21.8. The number of sulfonamides is 1. The SMILES string of the molecule is CCC(C(=O)NCc1ccc(C)cc1)N(c1cc([N+](=O)[O-])ccc1C)S(C)(=O)=O. The normalized spacial score (nSPS) is 12.3. The summed E-state index contributed by atoms with van der Waals surface area (Å²) in [6, 6.07) is 10.6. The fourth-order valence-corrected chi connectivity index (χ4v) is 4.26. The molecular formula is C20H25N3O5S. The van der Waals surface area contributed by atoms with Gasteiger partial charge < -0.3 is 5.32 Å². The second kappa shape index (κ2) is 9.04. The highest BCUT2D eigenvalue weighted by Crippen LogP contribution is 2.30. The van der Waals surface area contributed by atoms with Gasteiger partial charge in [0.2, 0.25) is 15.9 Å². The van der Waals surface area contributed by atoms with Gasteiger partial charge in [0.05, 0.1) is 16.9 Å². The van der Waals surface area contributed by atoms with Crippen LogP contribution in [0.5, 0.6) is 0 Å². The van der Waals surface area contributed by atoms with Crippen LogP contribution in [0.15, 0.2) is 42.5 Å². The van der Waals surface area contributed by atoms with E-state index in [1.54, 1.807) is 13.8 Å². The van der Waals surface area contributed by atoms with Crippen LogP contribution in [0.2, 0.25) is 0 Å². The summed E-state index contributed by atoms with van der Waals surface area (Å²) >= 11 is 0. The number of amides is 1. The highest BCUT2D eigenvalue weighted by molar-refractivity contribution is 7.92. The van der Waals surface area contributed by atoms with E-state index in [1.807, 2.05) is 31.2 Å². The zero-order valence-corrected chi connectivity index (χ0v) is 17.7. The molecule has 2 aromatic rings. The molecule has 1 amide bonds. The lowest BCUT2D eigenvalue weighted by Gasteiger charge is -2.31. The quantitative estimate of drug-likeness (QED) is 0.522. The summed E-state index contributed by atoms with van der Waals surface area (Å²) in [7, 11) is -3.88. The summed E-state index contributed by atoms with van der Waals surface area (Å²) < 4.78 is 26.1. The Balaban J connectivity index is 2.37. The highest BCUT2D eigenvalue weighted by Gasteiger charge is 2.33. The molecule has 0 aliphatic carbocycles. The van der Waals surface area contributed by atoms with Crippen molar-refractivity contribution in [1.29, 1.82) is 0 Å².